The summed E-state index contributed by atoms with van der Waals surface area (Å²) < 4.78 is 0. The van der Waals surface area contributed by atoms with Crippen molar-refractivity contribution in [3.8, 4) is 28.5 Å². The third-order valence-corrected chi connectivity index (χ3v) is 6.27. The molecule has 1 amide bonds. The van der Waals surface area contributed by atoms with Gasteiger partial charge in [0, 0.05) is 22.4 Å². The Hall–Kier alpha value is -4.84. The van der Waals surface area contributed by atoms with Gasteiger partial charge in [-0.25, -0.2) is 4.98 Å². The van der Waals surface area contributed by atoms with Gasteiger partial charge in [0.05, 0.1) is 5.69 Å². The number of aryl methyl sites for hydroxylation is 2. The topological polar surface area (TPSA) is 147 Å². The number of benzene rings is 3. The van der Waals surface area contributed by atoms with Crippen molar-refractivity contribution in [2.75, 3.05) is 31.2 Å². The molecule has 8 heteroatoms. The molecule has 0 bridgehead atoms. The number of hydrogen-bond acceptors (Lipinski definition) is 7. The van der Waals surface area contributed by atoms with E-state index in [1.165, 1.54) is 0 Å². The molecule has 226 valence electrons. The molecule has 0 saturated heterocycles. The van der Waals surface area contributed by atoms with E-state index in [-0.39, 0.29) is 11.7 Å². The zero-order valence-corrected chi connectivity index (χ0v) is 26.1. The Morgan fingerprint density at radius 2 is 1.63 bits per heavy atom. The van der Waals surface area contributed by atoms with Crippen molar-refractivity contribution in [3.05, 3.63) is 101 Å². The van der Waals surface area contributed by atoms with Crippen LogP contribution in [0.15, 0.2) is 78.9 Å². The molecule has 1 unspecified atom stereocenters. The summed E-state index contributed by atoms with van der Waals surface area (Å²) in [5.74, 6) is 0.503. The summed E-state index contributed by atoms with van der Waals surface area (Å²) in [6, 6.07) is 26.7. The number of hydrogen-bond donors (Lipinski definition) is 4. The molecule has 0 fully saturated rings. The lowest BCUT2D eigenvalue weighted by molar-refractivity contribution is -0.0980. The Morgan fingerprint density at radius 1 is 0.977 bits per heavy atom. The van der Waals surface area contributed by atoms with Gasteiger partial charge in [-0.3, -0.25) is 4.79 Å². The molecule has 43 heavy (non-hydrogen) atoms. The normalized spacial score (nSPS) is 10.3. The van der Waals surface area contributed by atoms with Gasteiger partial charge < -0.3 is 26.9 Å². The molecule has 4 aromatic rings. The van der Waals surface area contributed by atoms with Crippen LogP contribution in [-0.2, 0) is 4.79 Å². The minimum atomic E-state index is -0.319. The van der Waals surface area contributed by atoms with Gasteiger partial charge in [-0.15, -0.1) is 0 Å². The summed E-state index contributed by atoms with van der Waals surface area (Å²) in [5.41, 5.74) is 17.7. The monoisotopic (exact) mass is 580 g/mol. The first-order valence-corrected chi connectivity index (χ1v) is 14.2. The van der Waals surface area contributed by atoms with Gasteiger partial charge in [-0.2, -0.15) is 5.26 Å². The number of amides is 1. The lowest BCUT2D eigenvalue weighted by Crippen LogP contribution is -2.22. The van der Waals surface area contributed by atoms with Crippen molar-refractivity contribution in [2.24, 2.45) is 11.7 Å². The summed E-state index contributed by atoms with van der Waals surface area (Å²) in [5, 5.41) is 15.9. The highest BCUT2D eigenvalue weighted by atomic mass is 16.1. The van der Waals surface area contributed by atoms with Gasteiger partial charge >= 0.3 is 0 Å². The summed E-state index contributed by atoms with van der Waals surface area (Å²) >= 11 is 0. The van der Waals surface area contributed by atoms with Crippen LogP contribution in [0.25, 0.3) is 22.4 Å². The Morgan fingerprint density at radius 3 is 2.19 bits per heavy atom. The molecule has 1 atom stereocenters. The largest absolute Gasteiger partial charge is 0.398 e. The Balaban J connectivity index is 0.000000730. The predicted octanol–water partition coefficient (Wildman–Crippen LogP) is 6.38. The average molecular weight is 581 g/mol. The summed E-state index contributed by atoms with van der Waals surface area (Å²) in [4.78, 5) is 25.7. The van der Waals surface area contributed by atoms with E-state index in [1.54, 1.807) is 18.2 Å². The van der Waals surface area contributed by atoms with Gasteiger partial charge in [-0.05, 0) is 69.2 Å². The standard InChI is InChI=1S/C27H22N4O.C5H14N2.C2H6.CH2O/c1-17-8-7-10-19(14-17)22-15-25(21-12-5-6-13-24(21)29)30-26(23(22)16-28)31-27(32)20-11-4-3-9-18(20)2;1-5(3-6)4-7-2;2*1-2/h3-15H,29H2,1-2H3,(H,30,31,32);5,7H,3-4,6H2,1-2H3;1-2H3;1H2. The maximum Gasteiger partial charge on any atom is 0.257 e. The highest BCUT2D eigenvalue weighted by molar-refractivity contribution is 6.06. The number of carbonyl (C=O) groups is 2. The number of para-hydroxylation sites is 1. The Labute approximate surface area is 256 Å². The van der Waals surface area contributed by atoms with Crippen molar-refractivity contribution in [3.63, 3.8) is 0 Å². The Bertz CT molecular complexity index is 1500. The molecule has 8 nitrogen and oxygen atoms in total. The molecule has 4 rings (SSSR count). The number of nitrogens with two attached hydrogens (primary N) is 2. The lowest BCUT2D eigenvalue weighted by Gasteiger charge is -2.15. The number of aromatic nitrogens is 1. The first kappa shape index (κ1) is 36.2. The minimum absolute atomic E-state index is 0.206. The van der Waals surface area contributed by atoms with E-state index in [0.717, 1.165) is 35.3 Å². The number of pyridine rings is 1. The van der Waals surface area contributed by atoms with Gasteiger partial charge in [-0.1, -0.05) is 87.0 Å². The predicted molar refractivity (Wildman–Crippen MR) is 179 cm³/mol. The molecule has 3 aromatic carbocycles. The van der Waals surface area contributed by atoms with Gasteiger partial charge in [0.25, 0.3) is 5.91 Å². The molecule has 0 saturated carbocycles. The van der Waals surface area contributed by atoms with Crippen molar-refractivity contribution < 1.29 is 9.59 Å². The van der Waals surface area contributed by atoms with E-state index in [9.17, 15) is 10.1 Å². The van der Waals surface area contributed by atoms with Crippen LogP contribution in [0, 0.1) is 31.1 Å². The summed E-state index contributed by atoms with van der Waals surface area (Å²) in [7, 11) is 1.94. The number of rotatable bonds is 7. The number of nitrogens with one attached hydrogen (secondary N) is 2. The molecule has 0 radical (unpaired) electrons. The molecule has 0 aliphatic carbocycles. The van der Waals surface area contributed by atoms with Crippen molar-refractivity contribution >= 4 is 24.2 Å². The highest BCUT2D eigenvalue weighted by Gasteiger charge is 2.19. The van der Waals surface area contributed by atoms with Crippen molar-refractivity contribution in [1.29, 1.82) is 5.26 Å². The van der Waals surface area contributed by atoms with Crippen LogP contribution in [0.5, 0.6) is 0 Å². The number of carbonyl (C=O) groups excluding carboxylic acids is 2. The summed E-state index contributed by atoms with van der Waals surface area (Å²) in [6.07, 6.45) is 0. The maximum atomic E-state index is 13.0. The number of nitriles is 1. The number of anilines is 2. The molecular formula is C35H44N6O2. The second-order valence-electron chi connectivity index (χ2n) is 9.51. The van der Waals surface area contributed by atoms with Crippen LogP contribution < -0.4 is 22.1 Å². The van der Waals surface area contributed by atoms with Crippen LogP contribution in [-0.4, -0.2) is 37.8 Å². The lowest BCUT2D eigenvalue weighted by atomic mass is 9.96. The van der Waals surface area contributed by atoms with Crippen LogP contribution in [0.4, 0.5) is 11.5 Å². The minimum Gasteiger partial charge on any atom is -0.398 e. The van der Waals surface area contributed by atoms with Crippen LogP contribution in [0.1, 0.15) is 47.8 Å². The molecule has 6 N–H and O–H groups in total. The summed E-state index contributed by atoms with van der Waals surface area (Å²) in [6.45, 7) is 13.8. The molecule has 0 spiro atoms. The fourth-order valence-electron chi connectivity index (χ4n) is 4.09. The molecule has 1 heterocycles. The van der Waals surface area contributed by atoms with Crippen LogP contribution in [0.3, 0.4) is 0 Å². The van der Waals surface area contributed by atoms with Crippen LogP contribution in [0.2, 0.25) is 0 Å². The fraction of sp³-hybridized carbons (Fsp3) is 0.257. The fourth-order valence-corrected chi connectivity index (χ4v) is 4.09. The first-order valence-electron chi connectivity index (χ1n) is 14.2. The van der Waals surface area contributed by atoms with E-state index in [2.05, 4.69) is 28.6 Å². The van der Waals surface area contributed by atoms with E-state index < -0.39 is 0 Å². The SMILES string of the molecule is C=O.CC.CNCC(C)CN.Cc1cccc(-c2cc(-c3ccccc3N)nc(NC(=O)c3ccccc3C)c2C#N)c1. The Kier molecular flexibility index (Phi) is 16.3. The molecular weight excluding hydrogens is 536 g/mol. The third kappa shape index (κ3) is 10.5. The molecule has 0 aliphatic heterocycles. The van der Waals surface area contributed by atoms with Crippen molar-refractivity contribution in [1.82, 2.24) is 10.3 Å². The van der Waals surface area contributed by atoms with Crippen LogP contribution >= 0.6 is 0 Å². The van der Waals surface area contributed by atoms with Gasteiger partial charge in [0.1, 0.15) is 18.4 Å². The second-order valence-corrected chi connectivity index (χ2v) is 9.51. The second kappa shape index (κ2) is 19.3. The zero-order chi connectivity index (χ0) is 32.4. The number of nitrogens with zero attached hydrogens (tertiary/aromatic N) is 2. The average Bonchev–Trinajstić information content (AvgIpc) is 3.03. The highest BCUT2D eigenvalue weighted by Crippen LogP contribution is 2.34. The third-order valence-electron chi connectivity index (χ3n) is 6.27. The molecule has 1 aromatic heterocycles. The maximum absolute atomic E-state index is 13.0. The van der Waals surface area contributed by atoms with E-state index in [0.29, 0.717) is 34.0 Å². The van der Waals surface area contributed by atoms with E-state index in [4.69, 9.17) is 16.3 Å². The van der Waals surface area contributed by atoms with E-state index in [1.807, 2.05) is 102 Å². The van der Waals surface area contributed by atoms with Gasteiger partial charge in [0.15, 0.2) is 5.82 Å². The first-order chi connectivity index (χ1) is 20.8. The van der Waals surface area contributed by atoms with Gasteiger partial charge in [0.2, 0.25) is 0 Å². The van der Waals surface area contributed by atoms with Crippen molar-refractivity contribution in [2.45, 2.75) is 34.6 Å². The zero-order valence-electron chi connectivity index (χ0n) is 26.1. The molecule has 0 aliphatic rings. The smallest absolute Gasteiger partial charge is 0.257 e. The number of nitrogen functional groups attached to an aromatic ring is 1. The quantitative estimate of drug-likeness (QED) is 0.185. The van der Waals surface area contributed by atoms with E-state index >= 15 is 0 Å².